The molecule has 1 aliphatic rings. The fourth-order valence-corrected chi connectivity index (χ4v) is 1.46. The van der Waals surface area contributed by atoms with E-state index in [0.29, 0.717) is 5.69 Å². The quantitative estimate of drug-likeness (QED) is 0.699. The van der Waals surface area contributed by atoms with Gasteiger partial charge in [0.2, 0.25) is 0 Å². The SMILES string of the molecule is FC(F)(F)c1cccc2c1COCN2. The molecule has 76 valence electrons. The minimum Gasteiger partial charge on any atom is -0.362 e. The van der Waals surface area contributed by atoms with Crippen LogP contribution in [0.2, 0.25) is 0 Å². The van der Waals surface area contributed by atoms with Crippen LogP contribution in [0, 0.1) is 0 Å². The molecule has 2 rings (SSSR count). The van der Waals surface area contributed by atoms with Gasteiger partial charge in [0.1, 0.15) is 6.73 Å². The minimum atomic E-state index is -4.31. The van der Waals surface area contributed by atoms with Crippen LogP contribution in [0.3, 0.4) is 0 Å². The average Bonchev–Trinajstić information content (AvgIpc) is 2.15. The van der Waals surface area contributed by atoms with Gasteiger partial charge in [0.15, 0.2) is 0 Å². The van der Waals surface area contributed by atoms with Crippen molar-refractivity contribution in [2.45, 2.75) is 12.8 Å². The van der Waals surface area contributed by atoms with Crippen molar-refractivity contribution in [3.8, 4) is 0 Å². The molecular weight excluding hydrogens is 195 g/mol. The van der Waals surface area contributed by atoms with E-state index >= 15 is 0 Å². The van der Waals surface area contributed by atoms with Crippen molar-refractivity contribution >= 4 is 5.69 Å². The van der Waals surface area contributed by atoms with Gasteiger partial charge < -0.3 is 10.1 Å². The van der Waals surface area contributed by atoms with Gasteiger partial charge in [0.25, 0.3) is 0 Å². The number of rotatable bonds is 0. The molecule has 0 saturated carbocycles. The highest BCUT2D eigenvalue weighted by Crippen LogP contribution is 2.36. The molecule has 0 saturated heterocycles. The number of hydrogen-bond donors (Lipinski definition) is 1. The van der Waals surface area contributed by atoms with Crippen LogP contribution < -0.4 is 5.32 Å². The number of nitrogens with one attached hydrogen (secondary N) is 1. The molecule has 0 aromatic heterocycles. The molecule has 14 heavy (non-hydrogen) atoms. The summed E-state index contributed by atoms with van der Waals surface area (Å²) >= 11 is 0. The Morgan fingerprint density at radius 3 is 2.79 bits per heavy atom. The van der Waals surface area contributed by atoms with Gasteiger partial charge in [0, 0.05) is 11.3 Å². The van der Waals surface area contributed by atoms with Crippen molar-refractivity contribution in [1.82, 2.24) is 0 Å². The Morgan fingerprint density at radius 2 is 2.07 bits per heavy atom. The summed E-state index contributed by atoms with van der Waals surface area (Å²) in [5.74, 6) is 0. The molecule has 0 spiro atoms. The first-order chi connectivity index (χ1) is 6.59. The molecule has 0 atom stereocenters. The van der Waals surface area contributed by atoms with Gasteiger partial charge in [0.05, 0.1) is 12.2 Å². The normalized spacial score (nSPS) is 15.9. The number of fused-ring (bicyclic) bond motifs is 1. The summed E-state index contributed by atoms with van der Waals surface area (Å²) in [5, 5.41) is 2.75. The van der Waals surface area contributed by atoms with E-state index in [1.54, 1.807) is 6.07 Å². The first kappa shape index (κ1) is 9.33. The van der Waals surface area contributed by atoms with E-state index in [4.69, 9.17) is 4.74 Å². The second-order valence-electron chi connectivity index (χ2n) is 3.00. The second kappa shape index (κ2) is 3.16. The third kappa shape index (κ3) is 1.55. The fourth-order valence-electron chi connectivity index (χ4n) is 1.46. The molecule has 5 heteroatoms. The third-order valence-corrected chi connectivity index (χ3v) is 2.09. The van der Waals surface area contributed by atoms with Crippen molar-refractivity contribution in [3.05, 3.63) is 29.3 Å². The van der Waals surface area contributed by atoms with E-state index < -0.39 is 11.7 Å². The number of benzene rings is 1. The standard InChI is InChI=1S/C9H8F3NO/c10-9(11,12)7-2-1-3-8-6(7)4-14-5-13-8/h1-3,13H,4-5H2. The summed E-state index contributed by atoms with van der Waals surface area (Å²) in [6.07, 6.45) is -4.31. The van der Waals surface area contributed by atoms with Crippen LogP contribution in [0.5, 0.6) is 0 Å². The van der Waals surface area contributed by atoms with Crippen LogP contribution in [0.1, 0.15) is 11.1 Å². The maximum absolute atomic E-state index is 12.5. The Kier molecular flexibility index (Phi) is 2.11. The molecule has 1 aromatic rings. The van der Waals surface area contributed by atoms with Gasteiger partial charge in [-0.15, -0.1) is 0 Å². The number of halogens is 3. The molecule has 0 amide bonds. The van der Waals surface area contributed by atoms with Crippen molar-refractivity contribution in [2.75, 3.05) is 12.0 Å². The Hall–Kier alpha value is -1.23. The summed E-state index contributed by atoms with van der Waals surface area (Å²) in [6.45, 7) is 0.270. The Bertz CT molecular complexity index is 348. The highest BCUT2D eigenvalue weighted by Gasteiger charge is 2.34. The topological polar surface area (TPSA) is 21.3 Å². The van der Waals surface area contributed by atoms with Crippen LogP contribution in [0.15, 0.2) is 18.2 Å². The molecule has 1 aliphatic heterocycles. The van der Waals surface area contributed by atoms with Crippen LogP contribution in [0.4, 0.5) is 18.9 Å². The zero-order chi connectivity index (χ0) is 10.2. The monoisotopic (exact) mass is 203 g/mol. The molecule has 0 unspecified atom stereocenters. The van der Waals surface area contributed by atoms with Gasteiger partial charge in [-0.25, -0.2) is 0 Å². The second-order valence-corrected chi connectivity index (χ2v) is 3.00. The number of hydrogen-bond acceptors (Lipinski definition) is 2. The maximum Gasteiger partial charge on any atom is 0.416 e. The predicted octanol–water partition coefficient (Wildman–Crippen LogP) is 2.60. The van der Waals surface area contributed by atoms with Crippen LogP contribution >= 0.6 is 0 Å². The predicted molar refractivity (Wildman–Crippen MR) is 44.7 cm³/mol. The number of ether oxygens (including phenoxy) is 1. The third-order valence-electron chi connectivity index (χ3n) is 2.09. The first-order valence-corrected chi connectivity index (χ1v) is 4.10. The smallest absolute Gasteiger partial charge is 0.362 e. The summed E-state index contributed by atoms with van der Waals surface area (Å²) in [6, 6.07) is 4.07. The summed E-state index contributed by atoms with van der Waals surface area (Å²) in [7, 11) is 0. The number of alkyl halides is 3. The molecule has 0 fully saturated rings. The molecule has 0 bridgehead atoms. The van der Waals surface area contributed by atoms with Crippen LogP contribution in [0.25, 0.3) is 0 Å². The highest BCUT2D eigenvalue weighted by molar-refractivity contribution is 5.56. The van der Waals surface area contributed by atoms with E-state index in [-0.39, 0.29) is 18.9 Å². The van der Waals surface area contributed by atoms with Gasteiger partial charge in [-0.3, -0.25) is 0 Å². The zero-order valence-corrected chi connectivity index (χ0v) is 7.19. The highest BCUT2D eigenvalue weighted by atomic mass is 19.4. The van der Waals surface area contributed by atoms with Gasteiger partial charge >= 0.3 is 6.18 Å². The van der Waals surface area contributed by atoms with Crippen LogP contribution in [-0.4, -0.2) is 6.73 Å². The summed E-state index contributed by atoms with van der Waals surface area (Å²) < 4.78 is 42.4. The Balaban J connectivity index is 2.51. The molecular formula is C9H8F3NO. The average molecular weight is 203 g/mol. The summed E-state index contributed by atoms with van der Waals surface area (Å²) in [4.78, 5) is 0. The van der Waals surface area contributed by atoms with E-state index in [0.717, 1.165) is 6.07 Å². The lowest BCUT2D eigenvalue weighted by molar-refractivity contribution is -0.139. The first-order valence-electron chi connectivity index (χ1n) is 4.10. The minimum absolute atomic E-state index is 0.0119. The summed E-state index contributed by atoms with van der Waals surface area (Å²) in [5.41, 5.74) is 0.0690. The molecule has 1 heterocycles. The Labute approximate surface area is 78.7 Å². The molecule has 1 aromatic carbocycles. The van der Waals surface area contributed by atoms with E-state index in [1.807, 2.05) is 0 Å². The molecule has 0 aliphatic carbocycles. The number of anilines is 1. The lowest BCUT2D eigenvalue weighted by atomic mass is 10.0. The van der Waals surface area contributed by atoms with Crippen LogP contribution in [-0.2, 0) is 17.5 Å². The lowest BCUT2D eigenvalue weighted by Gasteiger charge is -2.22. The largest absolute Gasteiger partial charge is 0.416 e. The van der Waals surface area contributed by atoms with Gasteiger partial charge in [-0.05, 0) is 12.1 Å². The van der Waals surface area contributed by atoms with Crippen molar-refractivity contribution in [3.63, 3.8) is 0 Å². The molecule has 1 N–H and O–H groups in total. The molecule has 0 radical (unpaired) electrons. The van der Waals surface area contributed by atoms with E-state index in [9.17, 15) is 13.2 Å². The Morgan fingerprint density at radius 1 is 1.29 bits per heavy atom. The van der Waals surface area contributed by atoms with E-state index in [1.165, 1.54) is 6.07 Å². The van der Waals surface area contributed by atoms with Gasteiger partial charge in [-0.2, -0.15) is 13.2 Å². The fraction of sp³-hybridized carbons (Fsp3) is 0.333. The van der Waals surface area contributed by atoms with Crippen molar-refractivity contribution in [1.29, 1.82) is 0 Å². The van der Waals surface area contributed by atoms with Crippen molar-refractivity contribution < 1.29 is 17.9 Å². The van der Waals surface area contributed by atoms with Crippen molar-refractivity contribution in [2.24, 2.45) is 0 Å². The zero-order valence-electron chi connectivity index (χ0n) is 7.19. The van der Waals surface area contributed by atoms with Gasteiger partial charge in [-0.1, -0.05) is 6.07 Å². The molecule has 2 nitrogen and oxygen atoms in total. The maximum atomic E-state index is 12.5. The lowest BCUT2D eigenvalue weighted by Crippen LogP contribution is -2.19. The van der Waals surface area contributed by atoms with E-state index in [2.05, 4.69) is 5.32 Å².